The Morgan fingerprint density at radius 3 is 2.44 bits per heavy atom. The van der Waals surface area contributed by atoms with Crippen molar-refractivity contribution in [1.82, 2.24) is 0 Å². The highest BCUT2D eigenvalue weighted by Gasteiger charge is 2.40. The minimum Gasteiger partial charge on any atom is -0.489 e. The summed E-state index contributed by atoms with van der Waals surface area (Å²) >= 11 is 0. The summed E-state index contributed by atoms with van der Waals surface area (Å²) in [6.07, 6.45) is 2.08. The lowest BCUT2D eigenvalue weighted by Crippen LogP contribution is -2.42. The minimum atomic E-state index is -0.247. The normalized spacial score (nSPS) is 28.0. The fourth-order valence-corrected chi connectivity index (χ4v) is 2.18. The van der Waals surface area contributed by atoms with Gasteiger partial charge in [0.15, 0.2) is 0 Å². The zero-order chi connectivity index (χ0) is 11.8. The molecule has 3 heteroatoms. The van der Waals surface area contributed by atoms with Gasteiger partial charge >= 0.3 is 0 Å². The van der Waals surface area contributed by atoms with Gasteiger partial charge in [-0.25, -0.2) is 4.39 Å². The third-order valence-corrected chi connectivity index (χ3v) is 3.48. The molecule has 16 heavy (non-hydrogen) atoms. The maximum Gasteiger partial charge on any atom is 0.123 e. The number of nitrogens with two attached hydrogens (primary N) is 1. The van der Waals surface area contributed by atoms with Crippen molar-refractivity contribution >= 4 is 0 Å². The summed E-state index contributed by atoms with van der Waals surface area (Å²) < 4.78 is 18.5. The van der Waals surface area contributed by atoms with Crippen LogP contribution in [0.15, 0.2) is 24.3 Å². The fourth-order valence-electron chi connectivity index (χ4n) is 2.18. The summed E-state index contributed by atoms with van der Waals surface area (Å²) in [6, 6.07) is 6.14. The van der Waals surface area contributed by atoms with Crippen molar-refractivity contribution in [2.24, 2.45) is 11.1 Å². The molecule has 88 valence electrons. The molecular formula is C13H18FNO. The van der Waals surface area contributed by atoms with Gasteiger partial charge in [0.25, 0.3) is 0 Å². The van der Waals surface area contributed by atoms with Crippen LogP contribution in [0.4, 0.5) is 4.39 Å². The lowest BCUT2D eigenvalue weighted by atomic mass is 9.88. The molecular weight excluding hydrogens is 205 g/mol. The highest BCUT2D eigenvalue weighted by Crippen LogP contribution is 2.37. The lowest BCUT2D eigenvalue weighted by molar-refractivity contribution is 0.164. The van der Waals surface area contributed by atoms with Crippen molar-refractivity contribution in [3.05, 3.63) is 30.1 Å². The number of ether oxygens (including phenoxy) is 1. The first kappa shape index (κ1) is 11.4. The van der Waals surface area contributed by atoms with Gasteiger partial charge < -0.3 is 10.5 Å². The molecule has 0 radical (unpaired) electrons. The van der Waals surface area contributed by atoms with Crippen LogP contribution in [-0.2, 0) is 0 Å². The van der Waals surface area contributed by atoms with Gasteiger partial charge in [-0.05, 0) is 42.5 Å². The molecule has 0 heterocycles. The molecule has 0 bridgehead atoms. The SMILES string of the molecule is CC1(C)CCC(Oc2ccc(F)cc2)C1N. The number of rotatable bonds is 2. The van der Waals surface area contributed by atoms with E-state index in [9.17, 15) is 4.39 Å². The Labute approximate surface area is 95.6 Å². The van der Waals surface area contributed by atoms with Crippen molar-refractivity contribution in [2.75, 3.05) is 0 Å². The third-order valence-electron chi connectivity index (χ3n) is 3.48. The molecule has 0 aliphatic heterocycles. The topological polar surface area (TPSA) is 35.2 Å². The van der Waals surface area contributed by atoms with Gasteiger partial charge in [0.2, 0.25) is 0 Å². The monoisotopic (exact) mass is 223 g/mol. The Kier molecular flexibility index (Phi) is 2.89. The molecule has 1 fully saturated rings. The van der Waals surface area contributed by atoms with E-state index in [4.69, 9.17) is 10.5 Å². The first-order valence-corrected chi connectivity index (χ1v) is 5.67. The number of hydrogen-bond donors (Lipinski definition) is 1. The fraction of sp³-hybridized carbons (Fsp3) is 0.538. The molecule has 0 saturated heterocycles. The Hall–Kier alpha value is -1.09. The van der Waals surface area contributed by atoms with E-state index in [0.29, 0.717) is 5.75 Å². The van der Waals surface area contributed by atoms with Gasteiger partial charge in [0.05, 0.1) is 0 Å². The average molecular weight is 223 g/mol. The molecule has 1 saturated carbocycles. The largest absolute Gasteiger partial charge is 0.489 e. The van der Waals surface area contributed by atoms with E-state index in [0.717, 1.165) is 12.8 Å². The van der Waals surface area contributed by atoms with Crippen molar-refractivity contribution < 1.29 is 9.13 Å². The third kappa shape index (κ3) is 2.19. The molecule has 1 aromatic rings. The predicted molar refractivity (Wildman–Crippen MR) is 61.8 cm³/mol. The highest BCUT2D eigenvalue weighted by atomic mass is 19.1. The van der Waals surface area contributed by atoms with Crippen LogP contribution in [0.1, 0.15) is 26.7 Å². The Morgan fingerprint density at radius 1 is 1.31 bits per heavy atom. The zero-order valence-corrected chi connectivity index (χ0v) is 9.74. The molecule has 0 amide bonds. The molecule has 2 unspecified atom stereocenters. The van der Waals surface area contributed by atoms with Gasteiger partial charge in [-0.2, -0.15) is 0 Å². The minimum absolute atomic E-state index is 0.0394. The van der Waals surface area contributed by atoms with Gasteiger partial charge in [0, 0.05) is 6.04 Å². The maximum absolute atomic E-state index is 12.7. The van der Waals surface area contributed by atoms with Crippen LogP contribution < -0.4 is 10.5 Å². The Bertz CT molecular complexity index is 361. The van der Waals surface area contributed by atoms with Crippen LogP contribution >= 0.6 is 0 Å². The summed E-state index contributed by atoms with van der Waals surface area (Å²) in [5, 5.41) is 0. The predicted octanol–water partition coefficient (Wildman–Crippen LogP) is 2.72. The molecule has 2 nitrogen and oxygen atoms in total. The van der Waals surface area contributed by atoms with Crippen molar-refractivity contribution in [3.63, 3.8) is 0 Å². The first-order chi connectivity index (χ1) is 7.49. The van der Waals surface area contributed by atoms with E-state index < -0.39 is 0 Å². The zero-order valence-electron chi connectivity index (χ0n) is 9.74. The molecule has 2 N–H and O–H groups in total. The van der Waals surface area contributed by atoms with Crippen molar-refractivity contribution in [3.8, 4) is 5.75 Å². The van der Waals surface area contributed by atoms with Crippen LogP contribution in [0.5, 0.6) is 5.75 Å². The second-order valence-electron chi connectivity index (χ2n) is 5.16. The molecule has 1 aliphatic rings. The van der Waals surface area contributed by atoms with Crippen molar-refractivity contribution in [1.29, 1.82) is 0 Å². The van der Waals surface area contributed by atoms with Gasteiger partial charge in [-0.3, -0.25) is 0 Å². The average Bonchev–Trinajstić information content (AvgIpc) is 2.49. The van der Waals surface area contributed by atoms with E-state index in [1.807, 2.05) is 0 Å². The van der Waals surface area contributed by atoms with Crippen molar-refractivity contribution in [2.45, 2.75) is 38.8 Å². The van der Waals surface area contributed by atoms with E-state index in [1.165, 1.54) is 12.1 Å². The lowest BCUT2D eigenvalue weighted by Gasteiger charge is -2.26. The van der Waals surface area contributed by atoms with Crippen LogP contribution in [0.2, 0.25) is 0 Å². The van der Waals surface area contributed by atoms with E-state index in [1.54, 1.807) is 12.1 Å². The van der Waals surface area contributed by atoms with Gasteiger partial charge in [-0.1, -0.05) is 13.8 Å². The number of halogens is 1. The molecule has 0 spiro atoms. The molecule has 1 aromatic carbocycles. The van der Waals surface area contributed by atoms with E-state index in [2.05, 4.69) is 13.8 Å². The number of benzene rings is 1. The smallest absolute Gasteiger partial charge is 0.123 e. The summed E-state index contributed by atoms with van der Waals surface area (Å²) in [6.45, 7) is 4.32. The van der Waals surface area contributed by atoms with Gasteiger partial charge in [0.1, 0.15) is 17.7 Å². The molecule has 2 atom stereocenters. The quantitative estimate of drug-likeness (QED) is 0.836. The van der Waals surface area contributed by atoms with E-state index >= 15 is 0 Å². The molecule has 2 rings (SSSR count). The summed E-state index contributed by atoms with van der Waals surface area (Å²) in [5.74, 6) is 0.447. The maximum atomic E-state index is 12.7. The summed E-state index contributed by atoms with van der Waals surface area (Å²) in [4.78, 5) is 0. The summed E-state index contributed by atoms with van der Waals surface area (Å²) in [5.41, 5.74) is 6.27. The Balaban J connectivity index is 2.04. The van der Waals surface area contributed by atoms with Crippen LogP contribution in [0.3, 0.4) is 0 Å². The standard InChI is InChI=1S/C13H18FNO/c1-13(2)8-7-11(12(13)15)16-10-5-3-9(14)4-6-10/h3-6,11-12H,7-8,15H2,1-2H3. The van der Waals surface area contributed by atoms with Crippen LogP contribution in [0.25, 0.3) is 0 Å². The molecule has 0 aromatic heterocycles. The van der Waals surface area contributed by atoms with E-state index in [-0.39, 0.29) is 23.4 Å². The first-order valence-electron chi connectivity index (χ1n) is 5.67. The Morgan fingerprint density at radius 2 is 1.94 bits per heavy atom. The second-order valence-corrected chi connectivity index (χ2v) is 5.16. The molecule has 1 aliphatic carbocycles. The van der Waals surface area contributed by atoms with Gasteiger partial charge in [-0.15, -0.1) is 0 Å². The van der Waals surface area contributed by atoms with Crippen LogP contribution in [-0.4, -0.2) is 12.1 Å². The van der Waals surface area contributed by atoms with Crippen LogP contribution in [0, 0.1) is 11.2 Å². The second kappa shape index (κ2) is 4.06. The highest BCUT2D eigenvalue weighted by molar-refractivity contribution is 5.23. The number of hydrogen-bond acceptors (Lipinski definition) is 2. The summed E-state index contributed by atoms with van der Waals surface area (Å²) in [7, 11) is 0.